The van der Waals surface area contributed by atoms with Gasteiger partial charge in [-0.15, -0.1) is 0 Å². The summed E-state index contributed by atoms with van der Waals surface area (Å²) in [6.07, 6.45) is 6.29. The van der Waals surface area contributed by atoms with E-state index in [1.54, 1.807) is 0 Å². The van der Waals surface area contributed by atoms with E-state index in [-0.39, 0.29) is 0 Å². The standard InChI is InChI=1S/C14H17ClN2O/c1-2-3-4-5-8-18-11-6-7-12-13(9-11)16-10-17-14(12)15/h6-7,9-10H,2-5,8H2,1H3. The van der Waals surface area contributed by atoms with Crippen molar-refractivity contribution >= 4 is 22.5 Å². The molecule has 0 bridgehead atoms. The first kappa shape index (κ1) is 13.1. The van der Waals surface area contributed by atoms with E-state index in [2.05, 4.69) is 16.9 Å². The lowest BCUT2D eigenvalue weighted by atomic mass is 10.2. The number of ether oxygens (including phenoxy) is 1. The lowest BCUT2D eigenvalue weighted by Crippen LogP contribution is -1.97. The van der Waals surface area contributed by atoms with Crippen molar-refractivity contribution < 1.29 is 4.74 Å². The molecule has 1 aromatic carbocycles. The molecule has 0 amide bonds. The molecule has 0 aliphatic heterocycles. The van der Waals surface area contributed by atoms with Crippen molar-refractivity contribution in [3.63, 3.8) is 0 Å². The number of halogens is 1. The van der Waals surface area contributed by atoms with Crippen LogP contribution >= 0.6 is 11.6 Å². The second-order valence-corrected chi connectivity index (χ2v) is 4.61. The maximum Gasteiger partial charge on any atom is 0.140 e. The van der Waals surface area contributed by atoms with E-state index in [0.717, 1.165) is 29.7 Å². The number of hydrogen-bond acceptors (Lipinski definition) is 3. The quantitative estimate of drug-likeness (QED) is 0.578. The summed E-state index contributed by atoms with van der Waals surface area (Å²) in [5.74, 6) is 0.841. The highest BCUT2D eigenvalue weighted by molar-refractivity contribution is 6.34. The van der Waals surface area contributed by atoms with Crippen LogP contribution < -0.4 is 4.74 Å². The van der Waals surface area contributed by atoms with Crippen LogP contribution in [0.1, 0.15) is 32.6 Å². The van der Waals surface area contributed by atoms with Crippen LogP contribution in [0, 0.1) is 0 Å². The molecule has 0 aliphatic rings. The third kappa shape index (κ3) is 3.33. The number of benzene rings is 1. The highest BCUT2D eigenvalue weighted by Gasteiger charge is 2.02. The predicted molar refractivity (Wildman–Crippen MR) is 74.2 cm³/mol. The van der Waals surface area contributed by atoms with Crippen LogP contribution in [0.15, 0.2) is 24.5 Å². The Labute approximate surface area is 112 Å². The van der Waals surface area contributed by atoms with Crippen LogP contribution in [0.2, 0.25) is 5.15 Å². The van der Waals surface area contributed by atoms with E-state index in [9.17, 15) is 0 Å². The molecule has 0 N–H and O–H groups in total. The Morgan fingerprint density at radius 1 is 1.17 bits per heavy atom. The molecule has 96 valence electrons. The summed E-state index contributed by atoms with van der Waals surface area (Å²) in [7, 11) is 0. The molecule has 0 fully saturated rings. The molecule has 2 rings (SSSR count). The molecule has 4 heteroatoms. The van der Waals surface area contributed by atoms with Gasteiger partial charge in [-0.05, 0) is 18.6 Å². The Kier molecular flexibility index (Phi) is 4.76. The molecule has 0 saturated heterocycles. The van der Waals surface area contributed by atoms with Gasteiger partial charge in [0, 0.05) is 11.5 Å². The largest absolute Gasteiger partial charge is 0.494 e. The highest BCUT2D eigenvalue weighted by atomic mass is 35.5. The minimum atomic E-state index is 0.481. The molecule has 3 nitrogen and oxygen atoms in total. The number of fused-ring (bicyclic) bond motifs is 1. The first-order chi connectivity index (χ1) is 8.81. The van der Waals surface area contributed by atoms with E-state index >= 15 is 0 Å². The Morgan fingerprint density at radius 2 is 2.06 bits per heavy atom. The minimum Gasteiger partial charge on any atom is -0.494 e. The maximum atomic E-state index is 5.98. The van der Waals surface area contributed by atoms with Crippen LogP contribution in [0.3, 0.4) is 0 Å². The summed E-state index contributed by atoms with van der Waals surface area (Å²) in [6.45, 7) is 2.96. The smallest absolute Gasteiger partial charge is 0.140 e. The fourth-order valence-electron chi connectivity index (χ4n) is 1.81. The Morgan fingerprint density at radius 3 is 2.89 bits per heavy atom. The van der Waals surface area contributed by atoms with E-state index in [4.69, 9.17) is 16.3 Å². The van der Waals surface area contributed by atoms with E-state index < -0.39 is 0 Å². The van der Waals surface area contributed by atoms with Crippen molar-refractivity contribution in [2.45, 2.75) is 32.6 Å². The van der Waals surface area contributed by atoms with Crippen LogP contribution in [-0.2, 0) is 0 Å². The monoisotopic (exact) mass is 264 g/mol. The van der Waals surface area contributed by atoms with Gasteiger partial charge in [0.15, 0.2) is 0 Å². The molecule has 0 spiro atoms. The van der Waals surface area contributed by atoms with Gasteiger partial charge in [0.05, 0.1) is 12.1 Å². The average molecular weight is 265 g/mol. The summed E-state index contributed by atoms with van der Waals surface area (Å²) in [5.41, 5.74) is 0.820. The van der Waals surface area contributed by atoms with Gasteiger partial charge in [-0.25, -0.2) is 9.97 Å². The molecule has 1 aromatic heterocycles. The van der Waals surface area contributed by atoms with Gasteiger partial charge in [-0.2, -0.15) is 0 Å². The van der Waals surface area contributed by atoms with Gasteiger partial charge >= 0.3 is 0 Å². The normalized spacial score (nSPS) is 10.8. The number of hydrogen-bond donors (Lipinski definition) is 0. The van der Waals surface area contributed by atoms with E-state index in [1.165, 1.54) is 25.6 Å². The maximum absolute atomic E-state index is 5.98. The molecular weight excluding hydrogens is 248 g/mol. The molecule has 0 aliphatic carbocycles. The van der Waals surface area contributed by atoms with Crippen LogP contribution in [0.5, 0.6) is 5.75 Å². The van der Waals surface area contributed by atoms with E-state index in [1.807, 2.05) is 18.2 Å². The van der Waals surface area contributed by atoms with Crippen molar-refractivity contribution in [3.05, 3.63) is 29.7 Å². The van der Waals surface area contributed by atoms with Gasteiger partial charge in [0.25, 0.3) is 0 Å². The lowest BCUT2D eigenvalue weighted by molar-refractivity contribution is 0.305. The Hall–Kier alpha value is -1.35. The number of nitrogens with zero attached hydrogens (tertiary/aromatic N) is 2. The van der Waals surface area contributed by atoms with Crippen LogP contribution in [0.25, 0.3) is 10.9 Å². The zero-order valence-electron chi connectivity index (χ0n) is 10.5. The molecule has 0 radical (unpaired) electrons. The molecule has 0 atom stereocenters. The zero-order chi connectivity index (χ0) is 12.8. The molecule has 0 unspecified atom stereocenters. The zero-order valence-corrected chi connectivity index (χ0v) is 11.3. The molecule has 0 saturated carbocycles. The summed E-state index contributed by atoms with van der Waals surface area (Å²) < 4.78 is 5.70. The third-order valence-electron chi connectivity index (χ3n) is 2.83. The average Bonchev–Trinajstić information content (AvgIpc) is 2.39. The van der Waals surface area contributed by atoms with Crippen molar-refractivity contribution in [2.75, 3.05) is 6.61 Å². The minimum absolute atomic E-state index is 0.481. The van der Waals surface area contributed by atoms with Crippen molar-refractivity contribution in [2.24, 2.45) is 0 Å². The van der Waals surface area contributed by atoms with Gasteiger partial charge < -0.3 is 4.74 Å². The Bertz CT molecular complexity index is 516. The predicted octanol–water partition coefficient (Wildman–Crippen LogP) is 4.24. The first-order valence-corrected chi connectivity index (χ1v) is 6.72. The SMILES string of the molecule is CCCCCCOc1ccc2c(Cl)ncnc2c1. The molecular formula is C14H17ClN2O. The summed E-state index contributed by atoms with van der Waals surface area (Å²) in [4.78, 5) is 8.13. The Balaban J connectivity index is 1.98. The highest BCUT2D eigenvalue weighted by Crippen LogP contribution is 2.23. The first-order valence-electron chi connectivity index (χ1n) is 6.34. The van der Waals surface area contributed by atoms with Gasteiger partial charge in [-0.3, -0.25) is 0 Å². The topological polar surface area (TPSA) is 35.0 Å². The lowest BCUT2D eigenvalue weighted by Gasteiger charge is -2.07. The third-order valence-corrected chi connectivity index (χ3v) is 3.13. The van der Waals surface area contributed by atoms with Crippen molar-refractivity contribution in [1.82, 2.24) is 9.97 Å². The van der Waals surface area contributed by atoms with Crippen molar-refractivity contribution in [3.8, 4) is 5.75 Å². The number of unbranched alkanes of at least 4 members (excludes halogenated alkanes) is 3. The molecule has 2 aromatic rings. The second-order valence-electron chi connectivity index (χ2n) is 4.25. The van der Waals surface area contributed by atoms with Crippen molar-refractivity contribution in [1.29, 1.82) is 0 Å². The molecule has 1 heterocycles. The van der Waals surface area contributed by atoms with Crippen LogP contribution in [0.4, 0.5) is 0 Å². The summed E-state index contributed by atoms with van der Waals surface area (Å²) in [5, 5.41) is 1.34. The fourth-order valence-corrected chi connectivity index (χ4v) is 2.02. The fraction of sp³-hybridized carbons (Fsp3) is 0.429. The molecule has 18 heavy (non-hydrogen) atoms. The number of aromatic nitrogens is 2. The second kappa shape index (κ2) is 6.55. The van der Waals surface area contributed by atoms with Gasteiger partial charge in [0.2, 0.25) is 0 Å². The number of rotatable bonds is 6. The van der Waals surface area contributed by atoms with Crippen LogP contribution in [-0.4, -0.2) is 16.6 Å². The summed E-state index contributed by atoms with van der Waals surface area (Å²) in [6, 6.07) is 5.72. The van der Waals surface area contributed by atoms with E-state index in [0.29, 0.717) is 5.15 Å². The van der Waals surface area contributed by atoms with Gasteiger partial charge in [-0.1, -0.05) is 37.8 Å². The van der Waals surface area contributed by atoms with Gasteiger partial charge in [0.1, 0.15) is 17.2 Å². The summed E-state index contributed by atoms with van der Waals surface area (Å²) >= 11 is 5.98.